The number of anilines is 2. The van der Waals surface area contributed by atoms with Crippen molar-refractivity contribution in [3.05, 3.63) is 0 Å². The molecule has 0 spiro atoms. The zero-order valence-corrected chi connectivity index (χ0v) is 11.4. The molecule has 3 rings (SSSR count). The van der Waals surface area contributed by atoms with E-state index >= 15 is 0 Å². The highest BCUT2D eigenvalue weighted by atomic mass is 32.1. The number of fused-ring (bicyclic) bond motifs is 1. The van der Waals surface area contributed by atoms with Crippen LogP contribution in [0, 0.1) is 0 Å². The van der Waals surface area contributed by atoms with Crippen LogP contribution in [0.3, 0.4) is 0 Å². The lowest BCUT2D eigenvalue weighted by atomic mass is 10.1. The van der Waals surface area contributed by atoms with Crippen LogP contribution < -0.4 is 15.4 Å². The van der Waals surface area contributed by atoms with E-state index in [-0.39, 0.29) is 0 Å². The van der Waals surface area contributed by atoms with Gasteiger partial charge in [-0.1, -0.05) is 0 Å². The highest BCUT2D eigenvalue weighted by molar-refractivity contribution is 7.11. The van der Waals surface area contributed by atoms with Gasteiger partial charge in [0.1, 0.15) is 0 Å². The van der Waals surface area contributed by atoms with E-state index in [2.05, 4.69) is 9.27 Å². The molecule has 1 aromatic rings. The Bertz CT molecular complexity index is 423. The van der Waals surface area contributed by atoms with E-state index in [4.69, 9.17) is 15.2 Å². The van der Waals surface area contributed by atoms with Crippen LogP contribution in [0.4, 0.5) is 10.8 Å². The van der Waals surface area contributed by atoms with E-state index in [1.807, 2.05) is 6.92 Å². The topological polar surface area (TPSA) is 60.6 Å². The molecule has 2 heterocycles. The minimum atomic E-state index is 0.372. The molecule has 0 bridgehead atoms. The normalized spacial score (nSPS) is 27.3. The molecular weight excluding hydrogens is 250 g/mol. The van der Waals surface area contributed by atoms with Crippen molar-refractivity contribution in [1.29, 1.82) is 0 Å². The highest BCUT2D eigenvalue weighted by Crippen LogP contribution is 2.43. The van der Waals surface area contributed by atoms with Crippen molar-refractivity contribution in [2.45, 2.75) is 38.3 Å². The van der Waals surface area contributed by atoms with Crippen LogP contribution in [0.5, 0.6) is 5.75 Å². The van der Waals surface area contributed by atoms with Gasteiger partial charge in [0.25, 0.3) is 0 Å². The summed E-state index contributed by atoms with van der Waals surface area (Å²) in [5.41, 5.74) is 5.89. The first-order chi connectivity index (χ1) is 8.81. The number of rotatable bonds is 3. The molecule has 100 valence electrons. The summed E-state index contributed by atoms with van der Waals surface area (Å²) in [7, 11) is 0. The molecule has 2 aliphatic rings. The summed E-state index contributed by atoms with van der Waals surface area (Å²) in [5, 5.41) is 1.08. The van der Waals surface area contributed by atoms with Crippen LogP contribution in [-0.4, -0.2) is 36.3 Å². The first-order valence-electron chi connectivity index (χ1n) is 6.57. The number of nitrogens with zero attached hydrogens (tertiary/aromatic N) is 2. The maximum atomic E-state index is 5.89. The van der Waals surface area contributed by atoms with Crippen LogP contribution >= 0.6 is 11.5 Å². The van der Waals surface area contributed by atoms with Gasteiger partial charge < -0.3 is 20.1 Å². The molecule has 18 heavy (non-hydrogen) atoms. The third-order valence-corrected chi connectivity index (χ3v) is 4.57. The molecule has 0 radical (unpaired) electrons. The van der Waals surface area contributed by atoms with E-state index in [0.29, 0.717) is 24.6 Å². The minimum Gasteiger partial charge on any atom is -0.487 e. The fourth-order valence-electron chi connectivity index (χ4n) is 2.93. The molecular formula is C12H19N3O2S. The Morgan fingerprint density at radius 1 is 1.56 bits per heavy atom. The number of ether oxygens (including phenoxy) is 2. The molecule has 1 saturated heterocycles. The number of nitrogen functional groups attached to an aromatic ring is 1. The van der Waals surface area contributed by atoms with Gasteiger partial charge in [-0.15, -0.1) is 0 Å². The second-order valence-corrected chi connectivity index (χ2v) is 5.49. The zero-order valence-electron chi connectivity index (χ0n) is 10.6. The van der Waals surface area contributed by atoms with Crippen molar-refractivity contribution in [1.82, 2.24) is 4.37 Å². The molecule has 1 aromatic heterocycles. The van der Waals surface area contributed by atoms with Gasteiger partial charge in [-0.05, 0) is 37.7 Å². The average molecular weight is 269 g/mol. The quantitative estimate of drug-likeness (QED) is 0.908. The Morgan fingerprint density at radius 3 is 3.28 bits per heavy atom. The van der Waals surface area contributed by atoms with Crippen LogP contribution in [0.2, 0.25) is 0 Å². The van der Waals surface area contributed by atoms with Crippen molar-refractivity contribution in [2.75, 3.05) is 30.4 Å². The van der Waals surface area contributed by atoms with E-state index in [9.17, 15) is 0 Å². The van der Waals surface area contributed by atoms with Crippen molar-refractivity contribution in [3.8, 4) is 5.75 Å². The van der Waals surface area contributed by atoms with E-state index in [0.717, 1.165) is 23.9 Å². The predicted octanol–water partition coefficient (Wildman–Crippen LogP) is 1.88. The van der Waals surface area contributed by atoms with Gasteiger partial charge in [0, 0.05) is 6.54 Å². The molecule has 2 N–H and O–H groups in total. The first-order valence-corrected chi connectivity index (χ1v) is 7.34. The number of hydrogen-bond acceptors (Lipinski definition) is 6. The summed E-state index contributed by atoms with van der Waals surface area (Å²) in [4.78, 5) is 2.39. The van der Waals surface area contributed by atoms with Crippen LogP contribution in [0.1, 0.15) is 26.2 Å². The van der Waals surface area contributed by atoms with Crippen molar-refractivity contribution >= 4 is 22.4 Å². The van der Waals surface area contributed by atoms with Gasteiger partial charge in [-0.25, -0.2) is 0 Å². The lowest BCUT2D eigenvalue weighted by Gasteiger charge is -2.38. The van der Waals surface area contributed by atoms with Crippen molar-refractivity contribution < 1.29 is 9.47 Å². The number of hydrogen-bond donors (Lipinski definition) is 1. The standard InChI is InChI=1S/C12H19N3O2S/c1-2-16-10-11(13)14-18-12(10)15-6-7-17-9-5-3-4-8(9)15/h8-9H,2-7H2,1H3,(H2,13,14). The smallest absolute Gasteiger partial charge is 0.197 e. The lowest BCUT2D eigenvalue weighted by Crippen LogP contribution is -2.48. The van der Waals surface area contributed by atoms with Gasteiger partial charge in [0.2, 0.25) is 0 Å². The Balaban J connectivity index is 1.89. The van der Waals surface area contributed by atoms with Gasteiger partial charge in [-0.2, -0.15) is 4.37 Å². The summed E-state index contributed by atoms with van der Waals surface area (Å²) in [6.07, 6.45) is 3.97. The molecule has 6 heteroatoms. The summed E-state index contributed by atoms with van der Waals surface area (Å²) < 4.78 is 15.7. The van der Waals surface area contributed by atoms with Gasteiger partial charge >= 0.3 is 0 Å². The summed E-state index contributed by atoms with van der Waals surface area (Å²) in [5.74, 6) is 1.27. The third-order valence-electron chi connectivity index (χ3n) is 3.69. The second kappa shape index (κ2) is 4.93. The van der Waals surface area contributed by atoms with Crippen LogP contribution in [-0.2, 0) is 4.74 Å². The monoisotopic (exact) mass is 269 g/mol. The molecule has 1 aliphatic carbocycles. The predicted molar refractivity (Wildman–Crippen MR) is 72.4 cm³/mol. The average Bonchev–Trinajstić information content (AvgIpc) is 2.97. The second-order valence-electron chi connectivity index (χ2n) is 4.74. The fourth-order valence-corrected chi connectivity index (χ4v) is 3.77. The Hall–Kier alpha value is -1.01. The maximum absolute atomic E-state index is 5.89. The van der Waals surface area contributed by atoms with Gasteiger partial charge in [0.15, 0.2) is 16.6 Å². The number of nitrogens with two attached hydrogens (primary N) is 1. The summed E-state index contributed by atoms with van der Waals surface area (Å²) in [6, 6.07) is 0.470. The lowest BCUT2D eigenvalue weighted by molar-refractivity contribution is 0.0257. The highest BCUT2D eigenvalue weighted by Gasteiger charge is 2.38. The molecule has 5 nitrogen and oxygen atoms in total. The largest absolute Gasteiger partial charge is 0.487 e. The van der Waals surface area contributed by atoms with Crippen LogP contribution in [0.25, 0.3) is 0 Å². The number of aromatic nitrogens is 1. The Morgan fingerprint density at radius 2 is 2.44 bits per heavy atom. The van der Waals surface area contributed by atoms with Gasteiger partial charge in [0.05, 0.1) is 25.4 Å². The van der Waals surface area contributed by atoms with E-state index in [1.165, 1.54) is 30.8 Å². The summed E-state index contributed by atoms with van der Waals surface area (Å²) >= 11 is 1.44. The Labute approximate surface area is 111 Å². The zero-order chi connectivity index (χ0) is 12.5. The minimum absolute atomic E-state index is 0.372. The van der Waals surface area contributed by atoms with Crippen LogP contribution in [0.15, 0.2) is 0 Å². The SMILES string of the molecule is CCOc1c(N)nsc1N1CCOC2CCCC21. The molecule has 1 saturated carbocycles. The number of morpholine rings is 1. The molecule has 2 fully saturated rings. The first kappa shape index (κ1) is 12.0. The third kappa shape index (κ3) is 1.93. The van der Waals surface area contributed by atoms with Gasteiger partial charge in [-0.3, -0.25) is 0 Å². The molecule has 2 atom stereocenters. The van der Waals surface area contributed by atoms with E-state index < -0.39 is 0 Å². The molecule has 0 aromatic carbocycles. The van der Waals surface area contributed by atoms with E-state index in [1.54, 1.807) is 0 Å². The maximum Gasteiger partial charge on any atom is 0.197 e. The molecule has 1 aliphatic heterocycles. The molecule has 2 unspecified atom stereocenters. The van der Waals surface area contributed by atoms with Crippen molar-refractivity contribution in [2.24, 2.45) is 0 Å². The Kier molecular flexibility index (Phi) is 3.30. The van der Waals surface area contributed by atoms with Crippen molar-refractivity contribution in [3.63, 3.8) is 0 Å². The molecule has 0 amide bonds. The summed E-state index contributed by atoms with van der Waals surface area (Å²) in [6.45, 7) is 4.28. The fraction of sp³-hybridized carbons (Fsp3) is 0.750.